The number of fused-ring (bicyclic) bond motifs is 1. The Morgan fingerprint density at radius 2 is 1.91 bits per heavy atom. The van der Waals surface area contributed by atoms with Gasteiger partial charge in [-0.25, -0.2) is 9.37 Å². The topological polar surface area (TPSA) is 34.2 Å². The van der Waals surface area contributed by atoms with E-state index in [1.807, 2.05) is 45.0 Å². The fraction of sp³-hybridized carbons (Fsp3) is 0.278. The zero-order chi connectivity index (χ0) is 16.6. The van der Waals surface area contributed by atoms with Crippen LogP contribution in [0.3, 0.4) is 0 Å². The average Bonchev–Trinajstić information content (AvgIpc) is 2.88. The smallest absolute Gasteiger partial charge is 0.146 e. The van der Waals surface area contributed by atoms with Gasteiger partial charge in [-0.3, -0.25) is 0 Å². The van der Waals surface area contributed by atoms with E-state index in [-0.39, 0.29) is 11.4 Å². The van der Waals surface area contributed by atoms with Crippen molar-refractivity contribution in [2.24, 2.45) is 0 Å². The van der Waals surface area contributed by atoms with Crippen LogP contribution >= 0.6 is 11.3 Å². The van der Waals surface area contributed by atoms with Crippen molar-refractivity contribution in [3.8, 4) is 16.3 Å². The van der Waals surface area contributed by atoms with Crippen molar-refractivity contribution in [1.29, 1.82) is 0 Å². The van der Waals surface area contributed by atoms with Crippen molar-refractivity contribution in [2.75, 3.05) is 12.4 Å². The lowest BCUT2D eigenvalue weighted by Gasteiger charge is -2.21. The minimum absolute atomic E-state index is 0.243. The third-order valence-electron chi connectivity index (χ3n) is 3.27. The van der Waals surface area contributed by atoms with Crippen molar-refractivity contribution >= 4 is 27.2 Å². The number of rotatable bonds is 3. The van der Waals surface area contributed by atoms with Crippen LogP contribution in [-0.2, 0) is 0 Å². The van der Waals surface area contributed by atoms with E-state index in [4.69, 9.17) is 4.74 Å². The third kappa shape index (κ3) is 3.45. The number of ether oxygens (including phenoxy) is 1. The first kappa shape index (κ1) is 15.7. The number of hydrogen-bond donors (Lipinski definition) is 1. The van der Waals surface area contributed by atoms with Crippen molar-refractivity contribution in [3.63, 3.8) is 0 Å². The molecule has 3 nitrogen and oxygen atoms in total. The molecule has 0 aliphatic rings. The van der Waals surface area contributed by atoms with E-state index < -0.39 is 0 Å². The summed E-state index contributed by atoms with van der Waals surface area (Å²) in [6, 6.07) is 11.0. The quantitative estimate of drug-likeness (QED) is 0.705. The molecule has 23 heavy (non-hydrogen) atoms. The number of nitrogens with zero attached hydrogens (tertiary/aromatic N) is 1. The maximum atomic E-state index is 13.9. The number of aromatic nitrogens is 1. The van der Waals surface area contributed by atoms with Gasteiger partial charge >= 0.3 is 0 Å². The van der Waals surface area contributed by atoms with E-state index in [2.05, 4.69) is 10.3 Å². The summed E-state index contributed by atoms with van der Waals surface area (Å²) in [5.74, 6) is 0.540. The van der Waals surface area contributed by atoms with E-state index in [0.717, 1.165) is 26.5 Å². The fourth-order valence-corrected chi connectivity index (χ4v) is 3.29. The highest BCUT2D eigenvalue weighted by molar-refractivity contribution is 7.21. The van der Waals surface area contributed by atoms with Crippen LogP contribution in [0.15, 0.2) is 36.4 Å². The second-order valence-corrected chi connectivity index (χ2v) is 7.34. The van der Waals surface area contributed by atoms with Crippen LogP contribution in [0.1, 0.15) is 20.8 Å². The monoisotopic (exact) mass is 330 g/mol. The molecule has 1 heterocycles. The van der Waals surface area contributed by atoms with Crippen molar-refractivity contribution in [1.82, 2.24) is 4.98 Å². The molecule has 0 aliphatic heterocycles. The molecule has 3 aromatic rings. The second kappa shape index (κ2) is 5.81. The van der Waals surface area contributed by atoms with Crippen LogP contribution in [0.5, 0.6) is 5.75 Å². The number of anilines is 1. The molecule has 1 N–H and O–H groups in total. The molecule has 0 spiro atoms. The predicted octanol–water partition coefficient (Wildman–Crippen LogP) is 5.32. The van der Waals surface area contributed by atoms with Gasteiger partial charge in [0, 0.05) is 12.6 Å². The summed E-state index contributed by atoms with van der Waals surface area (Å²) in [7, 11) is 1.70. The normalized spacial score (nSPS) is 11.7. The number of thiazole rings is 1. The van der Waals surface area contributed by atoms with Gasteiger partial charge in [0.05, 0.1) is 15.9 Å². The Balaban J connectivity index is 1.98. The lowest BCUT2D eigenvalue weighted by atomic mass is 10.2. The first-order valence-corrected chi connectivity index (χ1v) is 8.25. The van der Waals surface area contributed by atoms with Crippen LogP contribution in [-0.4, -0.2) is 17.6 Å². The lowest BCUT2D eigenvalue weighted by molar-refractivity contribution is 0.131. The second-order valence-electron chi connectivity index (χ2n) is 6.31. The highest BCUT2D eigenvalue weighted by atomic mass is 32.1. The van der Waals surface area contributed by atoms with Gasteiger partial charge in [0.2, 0.25) is 0 Å². The minimum atomic E-state index is -0.277. The summed E-state index contributed by atoms with van der Waals surface area (Å²) >= 11 is 1.53. The number of benzene rings is 2. The van der Waals surface area contributed by atoms with Crippen LogP contribution in [0.2, 0.25) is 0 Å². The van der Waals surface area contributed by atoms with Gasteiger partial charge in [0.1, 0.15) is 22.2 Å². The van der Waals surface area contributed by atoms with E-state index >= 15 is 0 Å². The standard InChI is InChI=1S/C18H19FN2OS/c1-18(2,3)22-12-6-8-15-16(10-12)23-17(21-15)11-5-7-14(20-4)13(19)9-11/h5-10,20H,1-4H3. The van der Waals surface area contributed by atoms with Crippen molar-refractivity contribution in [2.45, 2.75) is 26.4 Å². The first-order chi connectivity index (χ1) is 10.9. The van der Waals surface area contributed by atoms with E-state index in [1.54, 1.807) is 13.1 Å². The van der Waals surface area contributed by atoms with E-state index in [0.29, 0.717) is 5.69 Å². The Kier molecular flexibility index (Phi) is 3.98. The molecule has 0 atom stereocenters. The highest BCUT2D eigenvalue weighted by Gasteiger charge is 2.14. The predicted molar refractivity (Wildman–Crippen MR) is 94.9 cm³/mol. The van der Waals surface area contributed by atoms with Crippen LogP contribution < -0.4 is 10.1 Å². The zero-order valence-electron chi connectivity index (χ0n) is 13.6. The molecule has 1 aromatic heterocycles. The molecule has 2 aromatic carbocycles. The van der Waals surface area contributed by atoms with Gasteiger partial charge in [-0.05, 0) is 57.2 Å². The van der Waals surface area contributed by atoms with Crippen LogP contribution in [0.4, 0.5) is 10.1 Å². The van der Waals surface area contributed by atoms with E-state index in [1.165, 1.54) is 17.4 Å². The van der Waals surface area contributed by atoms with E-state index in [9.17, 15) is 4.39 Å². The van der Waals surface area contributed by atoms with Gasteiger partial charge in [0.25, 0.3) is 0 Å². The van der Waals surface area contributed by atoms with Crippen LogP contribution in [0.25, 0.3) is 20.8 Å². The molecule has 0 radical (unpaired) electrons. The summed E-state index contributed by atoms with van der Waals surface area (Å²) in [4.78, 5) is 4.59. The summed E-state index contributed by atoms with van der Waals surface area (Å²) in [5.41, 5.74) is 1.91. The molecule has 120 valence electrons. The fourth-order valence-electron chi connectivity index (χ4n) is 2.30. The molecule has 0 unspecified atom stereocenters. The number of hydrogen-bond acceptors (Lipinski definition) is 4. The molecule has 0 fully saturated rings. The van der Waals surface area contributed by atoms with Gasteiger partial charge in [0.15, 0.2) is 0 Å². The zero-order valence-corrected chi connectivity index (χ0v) is 14.4. The van der Waals surface area contributed by atoms with Crippen molar-refractivity contribution in [3.05, 3.63) is 42.2 Å². The Morgan fingerprint density at radius 3 is 2.57 bits per heavy atom. The molecule has 0 bridgehead atoms. The summed E-state index contributed by atoms with van der Waals surface area (Å²) in [6.07, 6.45) is 0. The Hall–Kier alpha value is -2.14. The minimum Gasteiger partial charge on any atom is -0.488 e. The molecular weight excluding hydrogens is 311 g/mol. The number of nitrogens with one attached hydrogen (secondary N) is 1. The van der Waals surface area contributed by atoms with Crippen molar-refractivity contribution < 1.29 is 9.13 Å². The van der Waals surface area contributed by atoms with Gasteiger partial charge in [-0.2, -0.15) is 0 Å². The maximum Gasteiger partial charge on any atom is 0.146 e. The maximum absolute atomic E-state index is 13.9. The molecule has 0 aliphatic carbocycles. The lowest BCUT2D eigenvalue weighted by Crippen LogP contribution is -2.22. The molecule has 5 heteroatoms. The Morgan fingerprint density at radius 1 is 1.13 bits per heavy atom. The largest absolute Gasteiger partial charge is 0.488 e. The average molecular weight is 330 g/mol. The Labute approximate surface area is 139 Å². The van der Waals surface area contributed by atoms with Gasteiger partial charge < -0.3 is 10.1 Å². The summed E-state index contributed by atoms with van der Waals surface area (Å²) in [5, 5.41) is 3.62. The van der Waals surface area contributed by atoms with Gasteiger partial charge in [-0.15, -0.1) is 11.3 Å². The van der Waals surface area contributed by atoms with Crippen LogP contribution in [0, 0.1) is 5.82 Å². The molecule has 0 saturated carbocycles. The highest BCUT2D eigenvalue weighted by Crippen LogP contribution is 2.34. The molecule has 3 rings (SSSR count). The third-order valence-corrected chi connectivity index (χ3v) is 4.34. The molecule has 0 saturated heterocycles. The molecule has 0 amide bonds. The SMILES string of the molecule is CNc1ccc(-c2nc3ccc(OC(C)(C)C)cc3s2)cc1F. The summed E-state index contributed by atoms with van der Waals surface area (Å²) in [6.45, 7) is 6.05. The molecular formula is C18H19FN2OS. The summed E-state index contributed by atoms with van der Waals surface area (Å²) < 4.78 is 20.8. The number of halogens is 1. The van der Waals surface area contributed by atoms with Gasteiger partial charge in [-0.1, -0.05) is 0 Å². The Bertz CT molecular complexity index is 852. The first-order valence-electron chi connectivity index (χ1n) is 7.43.